The number of amides is 1. The van der Waals surface area contributed by atoms with Crippen LogP contribution in [-0.4, -0.2) is 23.4 Å². The third kappa shape index (κ3) is 8.20. The molecule has 1 amide bonds. The van der Waals surface area contributed by atoms with E-state index in [1.165, 1.54) is 0 Å². The predicted molar refractivity (Wildman–Crippen MR) is 144 cm³/mol. The number of carbonyl (C=O) groups excluding carboxylic acids is 1. The maximum atomic E-state index is 12.1. The third-order valence-corrected chi connectivity index (χ3v) is 5.03. The summed E-state index contributed by atoms with van der Waals surface area (Å²) in [6, 6.07) is 17.6. The van der Waals surface area contributed by atoms with E-state index in [1.54, 1.807) is 6.26 Å². The van der Waals surface area contributed by atoms with Gasteiger partial charge in [0.1, 0.15) is 6.26 Å². The molecule has 0 bridgehead atoms. The molecule has 1 aromatic heterocycles. The fourth-order valence-electron chi connectivity index (χ4n) is 2.99. The van der Waals surface area contributed by atoms with Crippen LogP contribution < -0.4 is 16.0 Å². The van der Waals surface area contributed by atoms with Crippen LogP contribution in [0.4, 0.5) is 5.69 Å². The van der Waals surface area contributed by atoms with Gasteiger partial charge >= 0.3 is 0 Å². The summed E-state index contributed by atoms with van der Waals surface area (Å²) in [7, 11) is 0. The van der Waals surface area contributed by atoms with E-state index in [-0.39, 0.29) is 35.8 Å². The number of benzene rings is 2. The Hall–Kier alpha value is -2.88. The molecule has 0 aliphatic carbocycles. The lowest BCUT2D eigenvalue weighted by atomic mass is 10.1. The SMILES string of the molecule is CCNC(=NCc1cccc(NC(=O)C(C)CC)c1)NCc1coc(-c2ccccc2)n1.I. The van der Waals surface area contributed by atoms with E-state index >= 15 is 0 Å². The molecular weight excluding hydrogens is 529 g/mol. The molecule has 1 heterocycles. The van der Waals surface area contributed by atoms with Gasteiger partial charge in [0.05, 0.1) is 18.8 Å². The molecule has 33 heavy (non-hydrogen) atoms. The fraction of sp³-hybridized carbons (Fsp3) is 0.320. The predicted octanol–water partition coefficient (Wildman–Crippen LogP) is 5.20. The molecule has 0 saturated carbocycles. The molecular formula is C25H32IN5O2. The van der Waals surface area contributed by atoms with Gasteiger partial charge in [-0.2, -0.15) is 0 Å². The van der Waals surface area contributed by atoms with E-state index in [0.717, 1.165) is 35.5 Å². The number of hydrogen-bond acceptors (Lipinski definition) is 4. The van der Waals surface area contributed by atoms with Gasteiger partial charge in [0.25, 0.3) is 0 Å². The highest BCUT2D eigenvalue weighted by Gasteiger charge is 2.11. The van der Waals surface area contributed by atoms with Gasteiger partial charge in [-0.3, -0.25) is 4.79 Å². The molecule has 2 aromatic carbocycles. The molecule has 1 atom stereocenters. The monoisotopic (exact) mass is 561 g/mol. The van der Waals surface area contributed by atoms with Crippen LogP contribution in [0.25, 0.3) is 11.5 Å². The van der Waals surface area contributed by atoms with Gasteiger partial charge in [-0.05, 0) is 43.2 Å². The van der Waals surface area contributed by atoms with E-state index in [1.807, 2.05) is 75.4 Å². The molecule has 3 N–H and O–H groups in total. The fourth-order valence-corrected chi connectivity index (χ4v) is 2.99. The van der Waals surface area contributed by atoms with Crippen molar-refractivity contribution in [2.75, 3.05) is 11.9 Å². The van der Waals surface area contributed by atoms with Gasteiger partial charge in [0.2, 0.25) is 11.8 Å². The molecule has 176 valence electrons. The van der Waals surface area contributed by atoms with Gasteiger partial charge < -0.3 is 20.4 Å². The molecule has 3 rings (SSSR count). The Morgan fingerprint density at radius 2 is 1.88 bits per heavy atom. The van der Waals surface area contributed by atoms with E-state index in [0.29, 0.717) is 24.9 Å². The van der Waals surface area contributed by atoms with Crippen LogP contribution in [0.1, 0.15) is 38.4 Å². The molecule has 7 nitrogen and oxygen atoms in total. The second kappa shape index (κ2) is 13.6. The quantitative estimate of drug-likeness (QED) is 0.190. The Kier molecular flexibility index (Phi) is 10.9. The molecule has 0 fully saturated rings. The standard InChI is InChI=1S/C25H31N5O2.HI/c1-4-18(3)23(31)29-21-13-9-10-19(14-21)15-27-25(26-5-2)28-16-22-17-32-24(30-22)20-11-7-6-8-12-20;/h6-14,17-18H,4-5,15-16H2,1-3H3,(H,29,31)(H2,26,27,28);1H. The number of aromatic nitrogens is 1. The number of guanidine groups is 1. The maximum Gasteiger partial charge on any atom is 0.227 e. The first-order valence-electron chi connectivity index (χ1n) is 11.0. The minimum absolute atomic E-state index is 0. The summed E-state index contributed by atoms with van der Waals surface area (Å²) in [5, 5.41) is 9.50. The summed E-state index contributed by atoms with van der Waals surface area (Å²) in [5.74, 6) is 1.30. The van der Waals surface area contributed by atoms with Crippen LogP contribution >= 0.6 is 24.0 Å². The van der Waals surface area contributed by atoms with Crippen LogP contribution in [0.2, 0.25) is 0 Å². The number of rotatable bonds is 9. The molecule has 0 radical (unpaired) electrons. The Bertz CT molecular complexity index is 1040. The lowest BCUT2D eigenvalue weighted by molar-refractivity contribution is -0.119. The summed E-state index contributed by atoms with van der Waals surface area (Å²) in [6.45, 7) is 7.67. The number of nitrogens with zero attached hydrogens (tertiary/aromatic N) is 2. The normalized spacial score (nSPS) is 11.9. The minimum Gasteiger partial charge on any atom is -0.444 e. The van der Waals surface area contributed by atoms with Crippen molar-refractivity contribution in [1.82, 2.24) is 15.6 Å². The first-order valence-corrected chi connectivity index (χ1v) is 11.0. The first kappa shape index (κ1) is 26.4. The number of halogens is 1. The number of aliphatic imine (C=N–C) groups is 1. The van der Waals surface area contributed by atoms with Gasteiger partial charge in [0.15, 0.2) is 5.96 Å². The molecule has 1 unspecified atom stereocenters. The van der Waals surface area contributed by atoms with Gasteiger partial charge in [-0.1, -0.05) is 44.2 Å². The van der Waals surface area contributed by atoms with Crippen LogP contribution in [0.15, 0.2) is 70.3 Å². The van der Waals surface area contributed by atoms with E-state index < -0.39 is 0 Å². The Morgan fingerprint density at radius 3 is 2.61 bits per heavy atom. The molecule has 8 heteroatoms. The third-order valence-electron chi connectivity index (χ3n) is 5.03. The highest BCUT2D eigenvalue weighted by Crippen LogP contribution is 2.18. The van der Waals surface area contributed by atoms with Crippen molar-refractivity contribution >= 4 is 41.5 Å². The van der Waals surface area contributed by atoms with E-state index in [2.05, 4.69) is 25.9 Å². The summed E-state index contributed by atoms with van der Waals surface area (Å²) >= 11 is 0. The van der Waals surface area contributed by atoms with Crippen molar-refractivity contribution in [3.8, 4) is 11.5 Å². The lowest BCUT2D eigenvalue weighted by Gasteiger charge is -2.12. The zero-order chi connectivity index (χ0) is 22.8. The topological polar surface area (TPSA) is 91.5 Å². The maximum absolute atomic E-state index is 12.1. The van der Waals surface area contributed by atoms with Gasteiger partial charge in [-0.15, -0.1) is 24.0 Å². The minimum atomic E-state index is -0.0137. The van der Waals surface area contributed by atoms with Crippen molar-refractivity contribution in [1.29, 1.82) is 0 Å². The van der Waals surface area contributed by atoms with Crippen molar-refractivity contribution in [3.63, 3.8) is 0 Å². The lowest BCUT2D eigenvalue weighted by Crippen LogP contribution is -2.36. The highest BCUT2D eigenvalue weighted by molar-refractivity contribution is 14.0. The van der Waals surface area contributed by atoms with E-state index in [4.69, 9.17) is 4.42 Å². The van der Waals surface area contributed by atoms with Crippen molar-refractivity contribution in [2.24, 2.45) is 10.9 Å². The summed E-state index contributed by atoms with van der Waals surface area (Å²) in [4.78, 5) is 21.3. The molecule has 0 aliphatic heterocycles. The molecule has 0 aliphatic rings. The average Bonchev–Trinajstić information content (AvgIpc) is 3.30. The zero-order valence-electron chi connectivity index (χ0n) is 19.3. The van der Waals surface area contributed by atoms with Gasteiger partial charge in [0, 0.05) is 23.7 Å². The van der Waals surface area contributed by atoms with E-state index in [9.17, 15) is 4.79 Å². The first-order chi connectivity index (χ1) is 15.6. The summed E-state index contributed by atoms with van der Waals surface area (Å²) < 4.78 is 5.60. The number of oxazole rings is 1. The van der Waals surface area contributed by atoms with Crippen LogP contribution in [0, 0.1) is 5.92 Å². The summed E-state index contributed by atoms with van der Waals surface area (Å²) in [6.07, 6.45) is 2.47. The molecule has 3 aromatic rings. The molecule has 0 saturated heterocycles. The van der Waals surface area contributed by atoms with Crippen LogP contribution in [-0.2, 0) is 17.9 Å². The Balaban J connectivity index is 0.00000385. The second-order valence-electron chi connectivity index (χ2n) is 7.56. The smallest absolute Gasteiger partial charge is 0.227 e. The van der Waals surface area contributed by atoms with Crippen molar-refractivity contribution in [2.45, 2.75) is 40.3 Å². The number of carbonyl (C=O) groups is 1. The summed E-state index contributed by atoms with van der Waals surface area (Å²) in [5.41, 5.74) is 3.54. The Morgan fingerprint density at radius 1 is 1.09 bits per heavy atom. The number of nitrogens with one attached hydrogen (secondary N) is 3. The zero-order valence-corrected chi connectivity index (χ0v) is 21.6. The van der Waals surface area contributed by atoms with Crippen molar-refractivity contribution < 1.29 is 9.21 Å². The number of anilines is 1. The van der Waals surface area contributed by atoms with Crippen molar-refractivity contribution in [3.05, 3.63) is 72.1 Å². The average molecular weight is 561 g/mol. The van der Waals surface area contributed by atoms with Crippen LogP contribution in [0.3, 0.4) is 0 Å². The largest absolute Gasteiger partial charge is 0.444 e. The highest BCUT2D eigenvalue weighted by atomic mass is 127. The Labute approximate surface area is 212 Å². The van der Waals surface area contributed by atoms with Gasteiger partial charge in [-0.25, -0.2) is 9.98 Å². The molecule has 0 spiro atoms. The second-order valence-corrected chi connectivity index (χ2v) is 7.56. The van der Waals surface area contributed by atoms with Crippen LogP contribution in [0.5, 0.6) is 0 Å². The number of hydrogen-bond donors (Lipinski definition) is 3.